The smallest absolute Gasteiger partial charge is 0.307 e. The maximum atomic E-state index is 10.8. The van der Waals surface area contributed by atoms with Gasteiger partial charge < -0.3 is 14.6 Å². The van der Waals surface area contributed by atoms with Crippen LogP contribution in [-0.2, 0) is 17.8 Å². The summed E-state index contributed by atoms with van der Waals surface area (Å²) in [6, 6.07) is 13.0. The number of aliphatic carboxylic acids is 1. The first-order chi connectivity index (χ1) is 10.1. The highest BCUT2D eigenvalue weighted by atomic mass is 35.5. The number of hydrogen-bond acceptors (Lipinski definition) is 3. The van der Waals surface area contributed by atoms with Crippen LogP contribution in [0.2, 0.25) is 5.02 Å². The van der Waals surface area contributed by atoms with Gasteiger partial charge in [0.1, 0.15) is 6.61 Å². The van der Waals surface area contributed by atoms with E-state index in [2.05, 4.69) is 0 Å². The maximum absolute atomic E-state index is 10.8. The lowest BCUT2D eigenvalue weighted by Gasteiger charge is -2.14. The second kappa shape index (κ2) is 6.99. The van der Waals surface area contributed by atoms with Crippen LogP contribution >= 0.6 is 11.6 Å². The van der Waals surface area contributed by atoms with Crippen LogP contribution < -0.4 is 9.47 Å². The number of rotatable bonds is 6. The van der Waals surface area contributed by atoms with E-state index in [4.69, 9.17) is 26.2 Å². The van der Waals surface area contributed by atoms with Gasteiger partial charge in [-0.15, -0.1) is 0 Å². The highest BCUT2D eigenvalue weighted by molar-refractivity contribution is 6.33. The Bertz CT molecular complexity index is 626. The zero-order chi connectivity index (χ0) is 15.2. The normalized spacial score (nSPS) is 10.2. The molecule has 21 heavy (non-hydrogen) atoms. The minimum atomic E-state index is -0.947. The van der Waals surface area contributed by atoms with Crippen LogP contribution in [0.1, 0.15) is 11.1 Å². The van der Waals surface area contributed by atoms with Gasteiger partial charge in [-0.3, -0.25) is 4.79 Å². The summed E-state index contributed by atoms with van der Waals surface area (Å²) >= 11 is 6.17. The zero-order valence-corrected chi connectivity index (χ0v) is 12.3. The molecule has 1 N–H and O–H groups in total. The van der Waals surface area contributed by atoms with Crippen molar-refractivity contribution >= 4 is 17.6 Å². The Morgan fingerprint density at radius 1 is 1.19 bits per heavy atom. The number of benzene rings is 2. The minimum Gasteiger partial charge on any atom is -0.491 e. The number of hydrogen-bond donors (Lipinski definition) is 1. The van der Waals surface area contributed by atoms with E-state index in [0.29, 0.717) is 23.7 Å². The van der Waals surface area contributed by atoms with Crippen molar-refractivity contribution in [3.05, 3.63) is 58.6 Å². The number of carboxylic acids is 1. The molecule has 2 aromatic rings. The van der Waals surface area contributed by atoms with Crippen LogP contribution in [0.15, 0.2) is 42.5 Å². The third-order valence-corrected chi connectivity index (χ3v) is 3.34. The fourth-order valence-corrected chi connectivity index (χ4v) is 2.22. The quantitative estimate of drug-likeness (QED) is 0.886. The Kier molecular flexibility index (Phi) is 5.06. The van der Waals surface area contributed by atoms with Gasteiger partial charge in [-0.05, 0) is 17.2 Å². The molecule has 0 heterocycles. The van der Waals surface area contributed by atoms with E-state index in [0.717, 1.165) is 5.56 Å². The molecule has 0 aliphatic heterocycles. The molecule has 5 heteroatoms. The molecule has 110 valence electrons. The fraction of sp³-hybridized carbons (Fsp3) is 0.188. The van der Waals surface area contributed by atoms with Crippen LogP contribution in [0.3, 0.4) is 0 Å². The molecule has 0 amide bonds. The standard InChI is InChI=1S/C16H15ClO4/c1-20-16-13(21-10-11-5-3-2-4-6-11)8-7-12(15(16)17)9-14(18)19/h2-8H,9-10H2,1H3,(H,18,19). The molecule has 0 spiro atoms. The summed E-state index contributed by atoms with van der Waals surface area (Å²) in [6.45, 7) is 0.381. The number of carbonyl (C=O) groups is 1. The molecule has 2 aromatic carbocycles. The van der Waals surface area contributed by atoms with Gasteiger partial charge in [0.2, 0.25) is 0 Å². The number of carboxylic acid groups (broad SMARTS) is 1. The van der Waals surface area contributed by atoms with Crippen LogP contribution in [0, 0.1) is 0 Å². The average molecular weight is 307 g/mol. The monoisotopic (exact) mass is 306 g/mol. The minimum absolute atomic E-state index is 0.159. The van der Waals surface area contributed by atoms with Gasteiger partial charge >= 0.3 is 5.97 Å². The Balaban J connectivity index is 2.20. The summed E-state index contributed by atoms with van der Waals surface area (Å²) < 4.78 is 10.9. The summed E-state index contributed by atoms with van der Waals surface area (Å²) in [5.41, 5.74) is 1.51. The van der Waals surface area contributed by atoms with Crippen molar-refractivity contribution in [1.82, 2.24) is 0 Å². The molecular formula is C16H15ClO4. The molecule has 0 aromatic heterocycles. The molecule has 4 nitrogen and oxygen atoms in total. The van der Waals surface area contributed by atoms with E-state index in [9.17, 15) is 4.79 Å². The van der Waals surface area contributed by atoms with Crippen LogP contribution in [-0.4, -0.2) is 18.2 Å². The molecule has 0 atom stereocenters. The van der Waals surface area contributed by atoms with Gasteiger partial charge in [-0.1, -0.05) is 48.0 Å². The first-order valence-electron chi connectivity index (χ1n) is 6.35. The lowest BCUT2D eigenvalue weighted by molar-refractivity contribution is -0.136. The van der Waals surface area contributed by atoms with Gasteiger partial charge in [-0.25, -0.2) is 0 Å². The highest BCUT2D eigenvalue weighted by Crippen LogP contribution is 2.38. The number of methoxy groups -OCH3 is 1. The summed E-state index contributed by atoms with van der Waals surface area (Å²) in [4.78, 5) is 10.8. The van der Waals surface area contributed by atoms with Crippen molar-refractivity contribution in [2.75, 3.05) is 7.11 Å². The number of ether oxygens (including phenoxy) is 2. The summed E-state index contributed by atoms with van der Waals surface area (Å²) in [7, 11) is 1.47. The predicted molar refractivity (Wildman–Crippen MR) is 80.1 cm³/mol. The van der Waals surface area contributed by atoms with Crippen molar-refractivity contribution in [2.24, 2.45) is 0 Å². The predicted octanol–water partition coefficient (Wildman–Crippen LogP) is 3.55. The molecule has 0 bridgehead atoms. The summed E-state index contributed by atoms with van der Waals surface area (Å²) in [6.07, 6.45) is -0.159. The van der Waals surface area contributed by atoms with Gasteiger partial charge in [0.25, 0.3) is 0 Å². The molecule has 0 saturated carbocycles. The highest BCUT2D eigenvalue weighted by Gasteiger charge is 2.15. The number of halogens is 1. The first-order valence-corrected chi connectivity index (χ1v) is 6.73. The summed E-state index contributed by atoms with van der Waals surface area (Å²) in [5, 5.41) is 9.11. The lowest BCUT2D eigenvalue weighted by atomic mass is 10.1. The van der Waals surface area contributed by atoms with Crippen molar-refractivity contribution in [3.63, 3.8) is 0 Å². The van der Waals surface area contributed by atoms with E-state index in [1.807, 2.05) is 30.3 Å². The van der Waals surface area contributed by atoms with Crippen LogP contribution in [0.4, 0.5) is 0 Å². The van der Waals surface area contributed by atoms with Crippen LogP contribution in [0.25, 0.3) is 0 Å². The largest absolute Gasteiger partial charge is 0.491 e. The molecule has 0 fully saturated rings. The van der Waals surface area contributed by atoms with E-state index in [1.54, 1.807) is 12.1 Å². The van der Waals surface area contributed by atoms with Crippen molar-refractivity contribution in [2.45, 2.75) is 13.0 Å². The Morgan fingerprint density at radius 3 is 2.52 bits per heavy atom. The van der Waals surface area contributed by atoms with Gasteiger partial charge in [0, 0.05) is 0 Å². The van der Waals surface area contributed by atoms with Crippen molar-refractivity contribution in [3.8, 4) is 11.5 Å². The molecule has 0 aliphatic carbocycles. The maximum Gasteiger partial charge on any atom is 0.307 e. The van der Waals surface area contributed by atoms with E-state index < -0.39 is 5.97 Å². The van der Waals surface area contributed by atoms with Crippen LogP contribution in [0.5, 0.6) is 11.5 Å². The van der Waals surface area contributed by atoms with Gasteiger partial charge in [0.05, 0.1) is 18.6 Å². The molecule has 0 unspecified atom stereocenters. The first kappa shape index (κ1) is 15.2. The molecular weight excluding hydrogens is 292 g/mol. The Morgan fingerprint density at radius 2 is 1.90 bits per heavy atom. The van der Waals surface area contributed by atoms with Gasteiger partial charge in [-0.2, -0.15) is 0 Å². The van der Waals surface area contributed by atoms with E-state index in [-0.39, 0.29) is 11.4 Å². The molecule has 0 saturated heterocycles. The Hall–Kier alpha value is -2.20. The van der Waals surface area contributed by atoms with Crippen molar-refractivity contribution in [1.29, 1.82) is 0 Å². The van der Waals surface area contributed by atoms with E-state index >= 15 is 0 Å². The topological polar surface area (TPSA) is 55.8 Å². The van der Waals surface area contributed by atoms with E-state index in [1.165, 1.54) is 7.11 Å². The third kappa shape index (κ3) is 3.89. The second-order valence-electron chi connectivity index (χ2n) is 4.41. The second-order valence-corrected chi connectivity index (χ2v) is 4.79. The van der Waals surface area contributed by atoms with Crippen molar-refractivity contribution < 1.29 is 19.4 Å². The lowest BCUT2D eigenvalue weighted by Crippen LogP contribution is -2.03. The molecule has 0 aliphatic rings. The Labute approximate surface area is 127 Å². The molecule has 2 rings (SSSR count). The zero-order valence-electron chi connectivity index (χ0n) is 11.5. The van der Waals surface area contributed by atoms with Gasteiger partial charge in [0.15, 0.2) is 11.5 Å². The average Bonchev–Trinajstić information content (AvgIpc) is 2.48. The SMILES string of the molecule is COc1c(OCc2ccccc2)ccc(CC(=O)O)c1Cl. The fourth-order valence-electron chi connectivity index (χ4n) is 1.92. The molecule has 0 radical (unpaired) electrons. The summed E-state index contributed by atoms with van der Waals surface area (Å²) in [5.74, 6) is -0.108. The third-order valence-electron chi connectivity index (χ3n) is 2.92.